The van der Waals surface area contributed by atoms with Gasteiger partial charge in [0.2, 0.25) is 0 Å². The Morgan fingerprint density at radius 2 is 2.50 bits per heavy atom. The molecule has 1 aromatic heterocycles. The number of hydrogen-bond acceptors (Lipinski definition) is 4. The minimum absolute atomic E-state index is 0.170. The number of anilines is 1. The van der Waals surface area contributed by atoms with Crippen molar-refractivity contribution in [2.45, 2.75) is 13.0 Å². The molecular formula is C11H15N3O2S2. The smallest absolute Gasteiger partial charge is 0.415 e. The summed E-state index contributed by atoms with van der Waals surface area (Å²) in [6.07, 6.45) is -0.463. The van der Waals surface area contributed by atoms with E-state index in [1.807, 2.05) is 24.4 Å². The number of rotatable bonds is 4. The summed E-state index contributed by atoms with van der Waals surface area (Å²) in [5.74, 6) is 0. The van der Waals surface area contributed by atoms with Crippen molar-refractivity contribution in [3.8, 4) is 0 Å². The molecule has 7 heteroatoms. The van der Waals surface area contributed by atoms with Gasteiger partial charge < -0.3 is 15.4 Å². The standard InChI is InChI=1S/C11H15N3O2S2/c1-2-12-10(17)13-6-8-7-14(11(15)16-8)9-4-3-5-18-9/h3-5,8H,2,6-7H2,1H3,(H2,12,13,17). The summed E-state index contributed by atoms with van der Waals surface area (Å²) in [6.45, 7) is 3.83. The Balaban J connectivity index is 1.84. The summed E-state index contributed by atoms with van der Waals surface area (Å²) in [5.41, 5.74) is 0. The fourth-order valence-electron chi connectivity index (χ4n) is 1.66. The van der Waals surface area contributed by atoms with Crippen LogP contribution in [0.3, 0.4) is 0 Å². The summed E-state index contributed by atoms with van der Waals surface area (Å²) in [7, 11) is 0. The summed E-state index contributed by atoms with van der Waals surface area (Å²) in [4.78, 5) is 13.3. The number of amides is 1. The molecular weight excluding hydrogens is 270 g/mol. The van der Waals surface area contributed by atoms with Crippen LogP contribution in [0.5, 0.6) is 0 Å². The van der Waals surface area contributed by atoms with Crippen LogP contribution in [0.25, 0.3) is 0 Å². The van der Waals surface area contributed by atoms with Crippen LogP contribution in [-0.4, -0.2) is 36.9 Å². The summed E-state index contributed by atoms with van der Waals surface area (Å²) < 4.78 is 5.27. The van der Waals surface area contributed by atoms with Gasteiger partial charge in [0.25, 0.3) is 0 Å². The highest BCUT2D eigenvalue weighted by molar-refractivity contribution is 7.80. The topological polar surface area (TPSA) is 53.6 Å². The van der Waals surface area contributed by atoms with E-state index in [4.69, 9.17) is 17.0 Å². The largest absolute Gasteiger partial charge is 0.442 e. The van der Waals surface area contributed by atoms with Gasteiger partial charge >= 0.3 is 6.09 Å². The van der Waals surface area contributed by atoms with Crippen molar-refractivity contribution in [2.24, 2.45) is 0 Å². The molecule has 1 atom stereocenters. The van der Waals surface area contributed by atoms with Crippen molar-refractivity contribution >= 4 is 39.8 Å². The SMILES string of the molecule is CCNC(=S)NCC1CN(c2cccs2)C(=O)O1. The highest BCUT2D eigenvalue weighted by atomic mass is 32.1. The van der Waals surface area contributed by atoms with Crippen LogP contribution in [0.2, 0.25) is 0 Å². The number of ether oxygens (including phenoxy) is 1. The summed E-state index contributed by atoms with van der Waals surface area (Å²) in [5, 5.41) is 9.46. The molecule has 98 valence electrons. The minimum Gasteiger partial charge on any atom is -0.442 e. The van der Waals surface area contributed by atoms with Gasteiger partial charge in [-0.25, -0.2) is 4.79 Å². The molecule has 5 nitrogen and oxygen atoms in total. The first-order valence-electron chi connectivity index (χ1n) is 5.74. The lowest BCUT2D eigenvalue weighted by molar-refractivity contribution is 0.143. The summed E-state index contributed by atoms with van der Waals surface area (Å²) >= 11 is 6.58. The first-order valence-corrected chi connectivity index (χ1v) is 7.03. The number of hydrogen-bond donors (Lipinski definition) is 2. The third-order valence-corrected chi connectivity index (χ3v) is 3.65. The molecule has 0 saturated carbocycles. The second-order valence-corrected chi connectivity index (χ2v) is 5.14. The average Bonchev–Trinajstić information content (AvgIpc) is 2.95. The van der Waals surface area contributed by atoms with Crippen LogP contribution < -0.4 is 15.5 Å². The highest BCUT2D eigenvalue weighted by Gasteiger charge is 2.32. The Bertz CT molecular complexity index is 422. The molecule has 2 heterocycles. The molecule has 1 fully saturated rings. The zero-order chi connectivity index (χ0) is 13.0. The number of nitrogens with one attached hydrogen (secondary N) is 2. The Labute approximate surface area is 115 Å². The Morgan fingerprint density at radius 1 is 1.67 bits per heavy atom. The zero-order valence-corrected chi connectivity index (χ0v) is 11.6. The lowest BCUT2D eigenvalue weighted by Gasteiger charge is -2.12. The van der Waals surface area contributed by atoms with Crippen molar-refractivity contribution in [1.82, 2.24) is 10.6 Å². The van der Waals surface area contributed by atoms with Crippen molar-refractivity contribution in [1.29, 1.82) is 0 Å². The van der Waals surface area contributed by atoms with Gasteiger partial charge in [0.1, 0.15) is 11.1 Å². The number of carbonyl (C=O) groups excluding carboxylic acids is 1. The molecule has 1 amide bonds. The van der Waals surface area contributed by atoms with E-state index in [1.54, 1.807) is 4.90 Å². The molecule has 1 unspecified atom stereocenters. The second-order valence-electron chi connectivity index (χ2n) is 3.81. The first kappa shape index (κ1) is 13.1. The molecule has 0 bridgehead atoms. The van der Waals surface area contributed by atoms with Crippen LogP contribution in [0.1, 0.15) is 6.92 Å². The first-order chi connectivity index (χ1) is 8.70. The third kappa shape index (κ3) is 3.11. The van der Waals surface area contributed by atoms with Gasteiger partial charge in [-0.2, -0.15) is 0 Å². The number of cyclic esters (lactones) is 1. The lowest BCUT2D eigenvalue weighted by atomic mass is 10.3. The normalized spacial score (nSPS) is 18.6. The molecule has 0 spiro atoms. The zero-order valence-electron chi connectivity index (χ0n) is 10.0. The Morgan fingerprint density at radius 3 is 3.17 bits per heavy atom. The fourth-order valence-corrected chi connectivity index (χ4v) is 2.62. The van der Waals surface area contributed by atoms with Gasteiger partial charge in [-0.1, -0.05) is 0 Å². The number of carbonyl (C=O) groups is 1. The number of nitrogens with zero attached hydrogens (tertiary/aromatic N) is 1. The number of thiocarbonyl (C=S) groups is 1. The average molecular weight is 285 g/mol. The number of thiophene rings is 1. The monoisotopic (exact) mass is 285 g/mol. The van der Waals surface area contributed by atoms with E-state index >= 15 is 0 Å². The Hall–Kier alpha value is -1.34. The van der Waals surface area contributed by atoms with Gasteiger partial charge in [0.05, 0.1) is 13.1 Å². The molecule has 2 rings (SSSR count). The molecule has 1 aliphatic heterocycles. The quantitative estimate of drug-likeness (QED) is 0.822. The molecule has 18 heavy (non-hydrogen) atoms. The van der Waals surface area contributed by atoms with E-state index in [2.05, 4.69) is 10.6 Å². The maximum atomic E-state index is 11.7. The maximum Gasteiger partial charge on any atom is 0.415 e. The maximum absolute atomic E-state index is 11.7. The lowest BCUT2D eigenvalue weighted by Crippen LogP contribution is -2.40. The van der Waals surface area contributed by atoms with E-state index in [9.17, 15) is 4.79 Å². The van der Waals surface area contributed by atoms with E-state index in [0.717, 1.165) is 11.5 Å². The van der Waals surface area contributed by atoms with Gasteiger partial charge in [0.15, 0.2) is 5.11 Å². The minimum atomic E-state index is -0.293. The van der Waals surface area contributed by atoms with E-state index in [-0.39, 0.29) is 12.2 Å². The molecule has 0 radical (unpaired) electrons. The fraction of sp³-hybridized carbons (Fsp3) is 0.455. The van der Waals surface area contributed by atoms with Crippen LogP contribution in [0.4, 0.5) is 9.80 Å². The third-order valence-electron chi connectivity index (χ3n) is 2.47. The van der Waals surface area contributed by atoms with Crippen molar-refractivity contribution in [3.05, 3.63) is 17.5 Å². The van der Waals surface area contributed by atoms with Crippen LogP contribution in [0.15, 0.2) is 17.5 Å². The van der Waals surface area contributed by atoms with Gasteiger partial charge in [-0.15, -0.1) is 11.3 Å². The van der Waals surface area contributed by atoms with Crippen LogP contribution in [-0.2, 0) is 4.74 Å². The van der Waals surface area contributed by atoms with Gasteiger partial charge in [-0.05, 0) is 36.7 Å². The summed E-state index contributed by atoms with van der Waals surface area (Å²) in [6, 6.07) is 3.82. The highest BCUT2D eigenvalue weighted by Crippen LogP contribution is 2.25. The van der Waals surface area contributed by atoms with E-state index in [0.29, 0.717) is 18.2 Å². The van der Waals surface area contributed by atoms with Crippen LogP contribution in [0, 0.1) is 0 Å². The predicted octanol–water partition coefficient (Wildman–Crippen LogP) is 1.56. The molecule has 1 saturated heterocycles. The van der Waals surface area contributed by atoms with Gasteiger partial charge in [0, 0.05) is 6.54 Å². The second kappa shape index (κ2) is 6.01. The molecule has 0 aromatic carbocycles. The van der Waals surface area contributed by atoms with E-state index in [1.165, 1.54) is 11.3 Å². The van der Waals surface area contributed by atoms with Gasteiger partial charge in [-0.3, -0.25) is 4.90 Å². The predicted molar refractivity (Wildman–Crippen MR) is 76.2 cm³/mol. The van der Waals surface area contributed by atoms with Crippen molar-refractivity contribution < 1.29 is 9.53 Å². The molecule has 0 aliphatic carbocycles. The van der Waals surface area contributed by atoms with Crippen molar-refractivity contribution in [2.75, 3.05) is 24.5 Å². The molecule has 1 aromatic rings. The van der Waals surface area contributed by atoms with Crippen LogP contribution >= 0.6 is 23.6 Å². The van der Waals surface area contributed by atoms with Crippen molar-refractivity contribution in [3.63, 3.8) is 0 Å². The Kier molecular flexibility index (Phi) is 4.38. The van der Waals surface area contributed by atoms with E-state index < -0.39 is 0 Å². The molecule has 2 N–H and O–H groups in total. The molecule has 1 aliphatic rings.